The Labute approximate surface area is 90.5 Å². The molecule has 0 atom stereocenters. The van der Waals surface area contributed by atoms with Crippen LogP contribution in [0.4, 0.5) is 4.79 Å². The van der Waals surface area contributed by atoms with Crippen LogP contribution in [0.25, 0.3) is 0 Å². The normalized spacial score (nSPS) is 20.3. The van der Waals surface area contributed by atoms with Gasteiger partial charge in [0.1, 0.15) is 5.60 Å². The van der Waals surface area contributed by atoms with Crippen molar-refractivity contribution >= 4 is 18.7 Å². The second kappa shape index (κ2) is 4.26. The van der Waals surface area contributed by atoms with Crippen molar-refractivity contribution in [3.05, 3.63) is 11.0 Å². The highest BCUT2D eigenvalue weighted by atomic mass is 32.1. The zero-order valence-corrected chi connectivity index (χ0v) is 9.80. The monoisotopic (exact) mass is 215 g/mol. The zero-order chi connectivity index (χ0) is 10.8. The molecule has 0 unspecified atom stereocenters. The van der Waals surface area contributed by atoms with E-state index < -0.39 is 5.60 Å². The molecule has 1 aliphatic heterocycles. The summed E-state index contributed by atoms with van der Waals surface area (Å²) < 4.78 is 5.25. The maximum Gasteiger partial charge on any atom is 0.410 e. The van der Waals surface area contributed by atoms with E-state index in [2.05, 4.69) is 12.6 Å². The fraction of sp³-hybridized carbons (Fsp3) is 0.700. The number of hydrogen-bond acceptors (Lipinski definition) is 3. The first-order valence-electron chi connectivity index (χ1n) is 4.72. The van der Waals surface area contributed by atoms with E-state index in [1.165, 1.54) is 5.57 Å². The quantitative estimate of drug-likeness (QED) is 0.629. The third-order valence-electron chi connectivity index (χ3n) is 1.93. The number of nitrogens with zero attached hydrogens (tertiary/aromatic N) is 1. The first-order valence-corrected chi connectivity index (χ1v) is 5.24. The van der Waals surface area contributed by atoms with Crippen LogP contribution in [0.2, 0.25) is 0 Å². The number of rotatable bonds is 0. The van der Waals surface area contributed by atoms with E-state index in [0.717, 1.165) is 13.0 Å². The molecule has 0 N–H and O–H groups in total. The first-order chi connectivity index (χ1) is 6.42. The molecule has 0 saturated carbocycles. The van der Waals surface area contributed by atoms with Crippen LogP contribution < -0.4 is 0 Å². The van der Waals surface area contributed by atoms with Crippen molar-refractivity contribution in [2.75, 3.05) is 13.1 Å². The van der Waals surface area contributed by atoms with Gasteiger partial charge in [0.05, 0.1) is 0 Å². The van der Waals surface area contributed by atoms with Gasteiger partial charge in [-0.3, -0.25) is 0 Å². The average molecular weight is 215 g/mol. The van der Waals surface area contributed by atoms with E-state index in [1.807, 2.05) is 20.8 Å². The Balaban J connectivity index is 2.48. The molecule has 0 bridgehead atoms. The van der Waals surface area contributed by atoms with Crippen LogP contribution in [-0.4, -0.2) is 29.7 Å². The lowest BCUT2D eigenvalue weighted by Crippen LogP contribution is -2.34. The molecule has 0 radical (unpaired) electrons. The lowest BCUT2D eigenvalue weighted by Gasteiger charge is -2.23. The van der Waals surface area contributed by atoms with Gasteiger partial charge in [0, 0.05) is 13.1 Å². The molecule has 4 heteroatoms. The fourth-order valence-electron chi connectivity index (χ4n) is 1.27. The molecule has 0 spiro atoms. The second-order valence-corrected chi connectivity index (χ2v) is 4.70. The molecule has 0 aromatic rings. The van der Waals surface area contributed by atoms with Gasteiger partial charge in [0.15, 0.2) is 0 Å². The Hall–Kier alpha value is -0.640. The summed E-state index contributed by atoms with van der Waals surface area (Å²) in [5.41, 5.74) is 0.768. The minimum absolute atomic E-state index is 0.234. The van der Waals surface area contributed by atoms with Crippen LogP contribution in [0.1, 0.15) is 27.2 Å². The Kier molecular flexibility index (Phi) is 3.48. The maximum absolute atomic E-state index is 11.6. The molecular formula is C10H17NO2S. The predicted molar refractivity (Wildman–Crippen MR) is 59.5 cm³/mol. The van der Waals surface area contributed by atoms with Crippen molar-refractivity contribution < 1.29 is 9.53 Å². The highest BCUT2D eigenvalue weighted by Crippen LogP contribution is 2.18. The third-order valence-corrected chi connectivity index (χ3v) is 2.30. The van der Waals surface area contributed by atoms with Crippen LogP contribution in [0.5, 0.6) is 0 Å². The van der Waals surface area contributed by atoms with Gasteiger partial charge in [-0.1, -0.05) is 0 Å². The SMILES string of the molecule is CC(C)(C)OC(=O)N1CCC(=CS)C1. The third kappa shape index (κ3) is 3.25. The van der Waals surface area contributed by atoms with Crippen molar-refractivity contribution in [3.8, 4) is 0 Å². The Bertz CT molecular complexity index is 255. The van der Waals surface area contributed by atoms with E-state index in [1.54, 1.807) is 10.3 Å². The Morgan fingerprint density at radius 3 is 2.64 bits per heavy atom. The number of carbonyl (C=O) groups excluding carboxylic acids is 1. The molecular weight excluding hydrogens is 198 g/mol. The lowest BCUT2D eigenvalue weighted by atomic mass is 10.2. The summed E-state index contributed by atoms with van der Waals surface area (Å²) in [6.07, 6.45) is 0.672. The largest absolute Gasteiger partial charge is 0.444 e. The summed E-state index contributed by atoms with van der Waals surface area (Å²) in [5.74, 6) is 0. The van der Waals surface area contributed by atoms with Crippen molar-refractivity contribution in [1.82, 2.24) is 4.90 Å². The topological polar surface area (TPSA) is 29.5 Å². The highest BCUT2D eigenvalue weighted by molar-refractivity contribution is 7.83. The zero-order valence-electron chi connectivity index (χ0n) is 8.91. The summed E-state index contributed by atoms with van der Waals surface area (Å²) in [4.78, 5) is 13.3. The standard InChI is InChI=1S/C10H17NO2S/c1-10(2,3)13-9(12)11-5-4-8(6-11)7-14/h7,14H,4-6H2,1-3H3. The van der Waals surface area contributed by atoms with Gasteiger partial charge in [-0.25, -0.2) is 4.79 Å². The van der Waals surface area contributed by atoms with Gasteiger partial charge in [0.25, 0.3) is 0 Å². The maximum atomic E-state index is 11.6. The summed E-state index contributed by atoms with van der Waals surface area (Å²) >= 11 is 4.07. The van der Waals surface area contributed by atoms with Crippen molar-refractivity contribution in [1.29, 1.82) is 0 Å². The number of likely N-dealkylation sites (tertiary alicyclic amines) is 1. The number of hydrogen-bond donors (Lipinski definition) is 1. The summed E-state index contributed by atoms with van der Waals surface area (Å²) in [6.45, 7) is 7.00. The second-order valence-electron chi connectivity index (χ2n) is 4.44. The molecule has 1 saturated heterocycles. The molecule has 1 fully saturated rings. The van der Waals surface area contributed by atoms with Crippen molar-refractivity contribution in [2.45, 2.75) is 32.8 Å². The van der Waals surface area contributed by atoms with Crippen LogP contribution >= 0.6 is 12.6 Å². The molecule has 1 heterocycles. The molecule has 1 aliphatic rings. The van der Waals surface area contributed by atoms with E-state index in [9.17, 15) is 4.79 Å². The summed E-state index contributed by atoms with van der Waals surface area (Å²) in [6, 6.07) is 0. The average Bonchev–Trinajstić information content (AvgIpc) is 2.48. The molecule has 3 nitrogen and oxygen atoms in total. The minimum Gasteiger partial charge on any atom is -0.444 e. The highest BCUT2D eigenvalue weighted by Gasteiger charge is 2.26. The van der Waals surface area contributed by atoms with Gasteiger partial charge in [-0.2, -0.15) is 12.6 Å². The smallest absolute Gasteiger partial charge is 0.410 e. The van der Waals surface area contributed by atoms with Crippen LogP contribution in [0, 0.1) is 0 Å². The molecule has 0 aromatic carbocycles. The lowest BCUT2D eigenvalue weighted by molar-refractivity contribution is 0.0299. The molecule has 14 heavy (non-hydrogen) atoms. The fourth-order valence-corrected chi connectivity index (χ4v) is 1.48. The molecule has 0 aromatic heterocycles. The van der Waals surface area contributed by atoms with Gasteiger partial charge in [-0.05, 0) is 38.2 Å². The molecule has 1 amide bonds. The number of carbonyl (C=O) groups is 1. The Morgan fingerprint density at radius 2 is 2.21 bits per heavy atom. The Morgan fingerprint density at radius 1 is 1.57 bits per heavy atom. The summed E-state index contributed by atoms with van der Waals surface area (Å²) in [7, 11) is 0. The predicted octanol–water partition coefficient (Wildman–Crippen LogP) is 2.44. The summed E-state index contributed by atoms with van der Waals surface area (Å²) in [5, 5.41) is 1.77. The van der Waals surface area contributed by atoms with Gasteiger partial charge in [0.2, 0.25) is 0 Å². The number of amides is 1. The van der Waals surface area contributed by atoms with Gasteiger partial charge in [-0.15, -0.1) is 0 Å². The van der Waals surface area contributed by atoms with Crippen LogP contribution in [0.15, 0.2) is 11.0 Å². The van der Waals surface area contributed by atoms with Crippen LogP contribution in [0.3, 0.4) is 0 Å². The van der Waals surface area contributed by atoms with Crippen molar-refractivity contribution in [3.63, 3.8) is 0 Å². The van der Waals surface area contributed by atoms with E-state index in [-0.39, 0.29) is 6.09 Å². The van der Waals surface area contributed by atoms with Crippen molar-refractivity contribution in [2.24, 2.45) is 0 Å². The number of ether oxygens (including phenoxy) is 1. The first kappa shape index (κ1) is 11.4. The van der Waals surface area contributed by atoms with Gasteiger partial charge >= 0.3 is 6.09 Å². The minimum atomic E-state index is -0.412. The molecule has 0 aliphatic carbocycles. The van der Waals surface area contributed by atoms with Crippen LogP contribution in [-0.2, 0) is 4.74 Å². The number of thiol groups is 1. The molecule has 80 valence electrons. The van der Waals surface area contributed by atoms with E-state index in [0.29, 0.717) is 6.54 Å². The van der Waals surface area contributed by atoms with E-state index in [4.69, 9.17) is 4.74 Å². The molecule has 1 rings (SSSR count). The van der Waals surface area contributed by atoms with Gasteiger partial charge < -0.3 is 9.64 Å². The van der Waals surface area contributed by atoms with E-state index >= 15 is 0 Å².